The molecular formula is C30H45ClFN5O. The second-order valence-corrected chi connectivity index (χ2v) is 11.8. The maximum absolute atomic E-state index is 14.6. The van der Waals surface area contributed by atoms with Gasteiger partial charge in [-0.2, -0.15) is 4.98 Å². The summed E-state index contributed by atoms with van der Waals surface area (Å²) >= 11 is 6.25. The topological polar surface area (TPSA) is 71.1 Å². The standard InChI is InChI=1S/C30H45ClFN5O/c1-3-6-22-13-23(17-33-16-21-9-11-26(38-2)12-10-21)15-24(14-22)18-34-29-28(32)20-36-30(37-29)35-19-25-7-4-5-8-27(25)31/h4-5,7-8,20-24,26,33H,3,6,9-19H2,1-2H3,(H2,34,35,36,37)/t21?,22?,23-,24-,26?/m1/s1. The fourth-order valence-corrected chi connectivity index (χ4v) is 6.58. The zero-order chi connectivity index (χ0) is 26.7. The molecule has 4 rings (SSSR count). The average molecular weight is 546 g/mol. The molecule has 3 N–H and O–H groups in total. The molecule has 2 aliphatic rings. The van der Waals surface area contributed by atoms with Gasteiger partial charge in [-0.05, 0) is 93.3 Å². The Morgan fingerprint density at radius 3 is 2.39 bits per heavy atom. The lowest BCUT2D eigenvalue weighted by molar-refractivity contribution is 0.0564. The first-order valence-electron chi connectivity index (χ1n) is 14.5. The smallest absolute Gasteiger partial charge is 0.225 e. The van der Waals surface area contributed by atoms with Gasteiger partial charge in [0.15, 0.2) is 11.6 Å². The molecule has 2 saturated carbocycles. The molecule has 2 aromatic rings. The van der Waals surface area contributed by atoms with Gasteiger partial charge in [0.25, 0.3) is 0 Å². The van der Waals surface area contributed by atoms with Crippen molar-refractivity contribution in [2.75, 3.05) is 37.4 Å². The SMILES string of the molecule is CCCC1C[C@@H](CNCC2CCC(OC)CC2)C[C@H](CNc2nc(NCc3ccccc3Cl)ncc2F)C1. The fraction of sp³-hybridized carbons (Fsp3) is 0.667. The van der Waals surface area contributed by atoms with Gasteiger partial charge in [0.05, 0.1) is 12.3 Å². The van der Waals surface area contributed by atoms with E-state index in [0.717, 1.165) is 37.0 Å². The molecule has 1 unspecified atom stereocenters. The minimum Gasteiger partial charge on any atom is -0.381 e. The number of anilines is 2. The van der Waals surface area contributed by atoms with Crippen LogP contribution >= 0.6 is 11.6 Å². The molecule has 0 radical (unpaired) electrons. The summed E-state index contributed by atoms with van der Waals surface area (Å²) in [6, 6.07) is 7.63. The Morgan fingerprint density at radius 2 is 1.66 bits per heavy atom. The van der Waals surface area contributed by atoms with Gasteiger partial charge in [0.2, 0.25) is 5.95 Å². The van der Waals surface area contributed by atoms with Crippen molar-refractivity contribution in [3.8, 4) is 0 Å². The summed E-state index contributed by atoms with van der Waals surface area (Å²) in [5.41, 5.74) is 0.947. The predicted molar refractivity (Wildman–Crippen MR) is 154 cm³/mol. The van der Waals surface area contributed by atoms with Crippen LogP contribution in [0.25, 0.3) is 0 Å². The molecule has 0 bridgehead atoms. The molecular weight excluding hydrogens is 501 g/mol. The number of nitrogens with zero attached hydrogens (tertiary/aromatic N) is 2. The first kappa shape index (κ1) is 29.0. The molecule has 8 heteroatoms. The first-order chi connectivity index (χ1) is 18.5. The zero-order valence-electron chi connectivity index (χ0n) is 23.0. The maximum Gasteiger partial charge on any atom is 0.225 e. The molecule has 0 aliphatic heterocycles. The van der Waals surface area contributed by atoms with Crippen molar-refractivity contribution < 1.29 is 9.13 Å². The third kappa shape index (κ3) is 8.78. The molecule has 0 spiro atoms. The lowest BCUT2D eigenvalue weighted by atomic mass is 9.73. The highest BCUT2D eigenvalue weighted by Gasteiger charge is 2.29. The highest BCUT2D eigenvalue weighted by atomic mass is 35.5. The Bertz CT molecular complexity index is 987. The number of halogens is 2. The third-order valence-electron chi connectivity index (χ3n) is 8.39. The maximum atomic E-state index is 14.6. The van der Waals surface area contributed by atoms with Crippen molar-refractivity contribution in [2.45, 2.75) is 77.4 Å². The monoisotopic (exact) mass is 545 g/mol. The van der Waals surface area contributed by atoms with E-state index in [9.17, 15) is 4.39 Å². The Kier molecular flexibility index (Phi) is 11.5. The minimum atomic E-state index is -0.421. The number of nitrogens with one attached hydrogen (secondary N) is 3. The average Bonchev–Trinajstić information content (AvgIpc) is 2.93. The van der Waals surface area contributed by atoms with Crippen molar-refractivity contribution in [1.82, 2.24) is 15.3 Å². The van der Waals surface area contributed by atoms with Crippen LogP contribution < -0.4 is 16.0 Å². The highest BCUT2D eigenvalue weighted by Crippen LogP contribution is 2.36. The van der Waals surface area contributed by atoms with E-state index in [1.807, 2.05) is 31.4 Å². The summed E-state index contributed by atoms with van der Waals surface area (Å²) in [5, 5.41) is 11.0. The van der Waals surface area contributed by atoms with E-state index in [-0.39, 0.29) is 5.82 Å². The number of hydrogen-bond acceptors (Lipinski definition) is 6. The number of methoxy groups -OCH3 is 1. The Balaban J connectivity index is 1.26. The van der Waals surface area contributed by atoms with E-state index < -0.39 is 5.82 Å². The number of rotatable bonds is 13. The Hall–Kier alpha value is -1.96. The van der Waals surface area contributed by atoms with Crippen LogP contribution in [0.3, 0.4) is 0 Å². The molecule has 0 saturated heterocycles. The molecule has 210 valence electrons. The highest BCUT2D eigenvalue weighted by molar-refractivity contribution is 6.31. The van der Waals surface area contributed by atoms with Gasteiger partial charge in [0.1, 0.15) is 0 Å². The van der Waals surface area contributed by atoms with Crippen LogP contribution in [0.15, 0.2) is 30.5 Å². The molecule has 1 aromatic heterocycles. The Morgan fingerprint density at radius 1 is 0.947 bits per heavy atom. The summed E-state index contributed by atoms with van der Waals surface area (Å²) in [5.74, 6) is 2.94. The summed E-state index contributed by atoms with van der Waals surface area (Å²) in [7, 11) is 1.83. The van der Waals surface area contributed by atoms with E-state index in [0.29, 0.717) is 35.5 Å². The van der Waals surface area contributed by atoms with Crippen LogP contribution in [0, 0.1) is 29.5 Å². The van der Waals surface area contributed by atoms with Crippen molar-refractivity contribution in [3.63, 3.8) is 0 Å². The number of aromatic nitrogens is 2. The van der Waals surface area contributed by atoms with Crippen LogP contribution in [-0.4, -0.2) is 42.8 Å². The number of benzene rings is 1. The second-order valence-electron chi connectivity index (χ2n) is 11.3. The van der Waals surface area contributed by atoms with E-state index in [1.165, 1.54) is 64.0 Å². The molecule has 0 amide bonds. The molecule has 1 heterocycles. The van der Waals surface area contributed by atoms with E-state index in [1.54, 1.807) is 0 Å². The van der Waals surface area contributed by atoms with Gasteiger partial charge < -0.3 is 20.7 Å². The number of ether oxygens (including phenoxy) is 1. The van der Waals surface area contributed by atoms with Crippen LogP contribution in [-0.2, 0) is 11.3 Å². The minimum absolute atomic E-state index is 0.264. The first-order valence-corrected chi connectivity index (χ1v) is 14.9. The molecule has 1 aromatic carbocycles. The van der Waals surface area contributed by atoms with Crippen LogP contribution in [0.5, 0.6) is 0 Å². The quantitative estimate of drug-likeness (QED) is 0.254. The summed E-state index contributed by atoms with van der Waals surface area (Å²) in [4.78, 5) is 8.53. The van der Waals surface area contributed by atoms with Crippen LogP contribution in [0.4, 0.5) is 16.2 Å². The predicted octanol–water partition coefficient (Wildman–Crippen LogP) is 6.92. The molecule has 38 heavy (non-hydrogen) atoms. The summed E-state index contributed by atoms with van der Waals surface area (Å²) < 4.78 is 20.1. The second kappa shape index (κ2) is 15.0. The van der Waals surface area contributed by atoms with Gasteiger partial charge in [0, 0.05) is 25.2 Å². The largest absolute Gasteiger partial charge is 0.381 e. The van der Waals surface area contributed by atoms with E-state index >= 15 is 0 Å². The van der Waals surface area contributed by atoms with Gasteiger partial charge in [-0.1, -0.05) is 49.6 Å². The van der Waals surface area contributed by atoms with Gasteiger partial charge >= 0.3 is 0 Å². The van der Waals surface area contributed by atoms with Crippen LogP contribution in [0.2, 0.25) is 5.02 Å². The van der Waals surface area contributed by atoms with Gasteiger partial charge in [-0.3, -0.25) is 0 Å². The van der Waals surface area contributed by atoms with Crippen LogP contribution in [0.1, 0.15) is 70.3 Å². The molecule has 6 nitrogen and oxygen atoms in total. The number of hydrogen-bond donors (Lipinski definition) is 3. The van der Waals surface area contributed by atoms with Crippen molar-refractivity contribution >= 4 is 23.4 Å². The third-order valence-corrected chi connectivity index (χ3v) is 8.76. The molecule has 2 fully saturated rings. The molecule has 3 atom stereocenters. The van der Waals surface area contributed by atoms with Crippen molar-refractivity contribution in [3.05, 3.63) is 46.9 Å². The summed E-state index contributed by atoms with van der Waals surface area (Å²) in [6.07, 6.45) is 12.8. The van der Waals surface area contributed by atoms with Gasteiger partial charge in [-0.25, -0.2) is 9.37 Å². The normalized spacial score (nSPS) is 25.7. The van der Waals surface area contributed by atoms with Crippen molar-refractivity contribution in [2.24, 2.45) is 23.7 Å². The fourth-order valence-electron chi connectivity index (χ4n) is 6.38. The molecule has 2 aliphatic carbocycles. The van der Waals surface area contributed by atoms with E-state index in [2.05, 4.69) is 32.8 Å². The summed E-state index contributed by atoms with van der Waals surface area (Å²) in [6.45, 7) is 5.69. The lowest BCUT2D eigenvalue weighted by Gasteiger charge is -2.36. The van der Waals surface area contributed by atoms with Gasteiger partial charge in [-0.15, -0.1) is 0 Å². The zero-order valence-corrected chi connectivity index (χ0v) is 23.8. The Labute approximate surface area is 232 Å². The van der Waals surface area contributed by atoms with Crippen molar-refractivity contribution in [1.29, 1.82) is 0 Å². The lowest BCUT2D eigenvalue weighted by Crippen LogP contribution is -2.36. The van der Waals surface area contributed by atoms with E-state index in [4.69, 9.17) is 16.3 Å².